The number of ether oxygens (including phenoxy) is 1. The smallest absolute Gasteiger partial charge is 0.131 e. The molecule has 4 rings (SSSR count). The third-order valence-electron chi connectivity index (χ3n) is 7.53. The van der Waals surface area contributed by atoms with E-state index >= 15 is 4.39 Å². The number of rotatable bonds is 7. The first-order chi connectivity index (χ1) is 15.2. The summed E-state index contributed by atoms with van der Waals surface area (Å²) in [4.78, 5) is 0. The van der Waals surface area contributed by atoms with Crippen molar-refractivity contribution in [2.45, 2.75) is 77.2 Å². The zero-order valence-corrected chi connectivity index (χ0v) is 19.2. The first kappa shape index (κ1) is 22.3. The molecule has 0 radical (unpaired) electrons. The molecule has 2 fully saturated rings. The minimum atomic E-state index is -0.0821. The van der Waals surface area contributed by atoms with Gasteiger partial charge in [-0.05, 0) is 106 Å². The highest BCUT2D eigenvalue weighted by Crippen LogP contribution is 2.47. The summed E-state index contributed by atoms with van der Waals surface area (Å²) in [5.74, 6) is 2.01. The number of hydrogen-bond acceptors (Lipinski definition) is 1. The molecular weight excluding hydrogens is 383 g/mol. The van der Waals surface area contributed by atoms with Crippen LogP contribution in [0, 0.1) is 17.7 Å². The fraction of sp³-hybridized carbons (Fsp3) is 0.517. The number of benzene rings is 2. The highest BCUT2D eigenvalue weighted by Gasteiger charge is 2.36. The average Bonchev–Trinajstić information content (AvgIpc) is 2.80. The molecule has 1 nitrogen and oxygen atoms in total. The van der Waals surface area contributed by atoms with Gasteiger partial charge in [-0.3, -0.25) is 0 Å². The van der Waals surface area contributed by atoms with Crippen molar-refractivity contribution >= 4 is 0 Å². The number of allylic oxidation sites excluding steroid dienone is 2. The molecule has 2 heteroatoms. The molecule has 4 atom stereocenters. The third-order valence-corrected chi connectivity index (χ3v) is 7.53. The zero-order chi connectivity index (χ0) is 21.6. The second-order valence-electron chi connectivity index (χ2n) is 9.46. The fourth-order valence-corrected chi connectivity index (χ4v) is 5.82. The number of aryl methyl sites for hydroxylation is 1. The van der Waals surface area contributed by atoms with Gasteiger partial charge in [-0.2, -0.15) is 0 Å². The predicted octanol–water partition coefficient (Wildman–Crippen LogP) is 8.09. The summed E-state index contributed by atoms with van der Waals surface area (Å²) in [5.41, 5.74) is 4.18. The predicted molar refractivity (Wildman–Crippen MR) is 128 cm³/mol. The second-order valence-corrected chi connectivity index (χ2v) is 9.46. The van der Waals surface area contributed by atoms with Crippen molar-refractivity contribution in [1.29, 1.82) is 0 Å². The summed E-state index contributed by atoms with van der Waals surface area (Å²) in [5, 5.41) is 0. The van der Waals surface area contributed by atoms with E-state index in [9.17, 15) is 0 Å². The molecule has 0 spiro atoms. The fourth-order valence-electron chi connectivity index (χ4n) is 5.82. The molecule has 0 aromatic heterocycles. The molecule has 2 aliphatic rings. The number of fused-ring (bicyclic) bond motifs is 1. The van der Waals surface area contributed by atoms with Gasteiger partial charge in [-0.25, -0.2) is 4.39 Å². The van der Waals surface area contributed by atoms with E-state index in [4.69, 9.17) is 4.74 Å². The van der Waals surface area contributed by atoms with Gasteiger partial charge in [-0.1, -0.05) is 48.6 Å². The van der Waals surface area contributed by atoms with Gasteiger partial charge >= 0.3 is 0 Å². The van der Waals surface area contributed by atoms with Crippen molar-refractivity contribution in [3.8, 4) is 11.1 Å². The van der Waals surface area contributed by atoms with Gasteiger partial charge in [-0.15, -0.1) is 0 Å². The van der Waals surface area contributed by atoms with Crippen molar-refractivity contribution in [3.05, 3.63) is 71.6 Å². The van der Waals surface area contributed by atoms with E-state index in [2.05, 4.69) is 49.4 Å². The summed E-state index contributed by atoms with van der Waals surface area (Å²) in [6, 6.07) is 14.4. The van der Waals surface area contributed by atoms with E-state index in [0.717, 1.165) is 42.4 Å². The lowest BCUT2D eigenvalue weighted by atomic mass is 9.65. The topological polar surface area (TPSA) is 9.23 Å². The van der Waals surface area contributed by atoms with E-state index in [1.807, 2.05) is 19.1 Å². The maximum absolute atomic E-state index is 15.1. The van der Waals surface area contributed by atoms with E-state index in [-0.39, 0.29) is 5.82 Å². The molecule has 0 aliphatic heterocycles. The standard InChI is InChI=1S/C29H37FO/c1-3-5-6-7-21-8-10-22(11-9-21)28-17-15-26(20-29(28)30)23-12-13-25-19-27(31-4-2)16-14-24(25)18-23/h3,5,8-11,15,17,20,23-25,27H,4,6-7,12-14,16,18-19H2,1-2H3/b5-3+. The van der Waals surface area contributed by atoms with Gasteiger partial charge < -0.3 is 4.74 Å². The number of hydrogen-bond donors (Lipinski definition) is 0. The Kier molecular flexibility index (Phi) is 7.61. The van der Waals surface area contributed by atoms with Crippen LogP contribution in [0.4, 0.5) is 4.39 Å². The molecule has 0 heterocycles. The van der Waals surface area contributed by atoms with Crippen LogP contribution in [0.3, 0.4) is 0 Å². The summed E-state index contributed by atoms with van der Waals surface area (Å²) in [6.07, 6.45) is 14.2. The Morgan fingerprint density at radius 3 is 2.48 bits per heavy atom. The second kappa shape index (κ2) is 10.6. The average molecular weight is 421 g/mol. The van der Waals surface area contributed by atoms with Gasteiger partial charge in [0.15, 0.2) is 0 Å². The van der Waals surface area contributed by atoms with Crippen LogP contribution >= 0.6 is 0 Å². The highest BCUT2D eigenvalue weighted by atomic mass is 19.1. The largest absolute Gasteiger partial charge is 0.378 e. The Hall–Kier alpha value is -1.93. The lowest BCUT2D eigenvalue weighted by Crippen LogP contribution is -2.33. The Morgan fingerprint density at radius 1 is 0.968 bits per heavy atom. The van der Waals surface area contributed by atoms with Gasteiger partial charge in [0.2, 0.25) is 0 Å². The molecule has 0 saturated heterocycles. The molecule has 0 amide bonds. The molecular formula is C29H37FO. The van der Waals surface area contributed by atoms with Gasteiger partial charge in [0.1, 0.15) is 5.82 Å². The maximum atomic E-state index is 15.1. The lowest BCUT2D eigenvalue weighted by molar-refractivity contribution is -0.00956. The van der Waals surface area contributed by atoms with Crippen molar-refractivity contribution in [3.63, 3.8) is 0 Å². The molecule has 0 N–H and O–H groups in total. The molecule has 2 saturated carbocycles. The SMILES string of the molecule is C/C=C/CCc1ccc(-c2ccc(C3CCC4CC(OCC)CCC4C3)cc2F)cc1. The van der Waals surface area contributed by atoms with Crippen LogP contribution in [0.25, 0.3) is 11.1 Å². The summed E-state index contributed by atoms with van der Waals surface area (Å²) >= 11 is 0. The molecule has 2 aliphatic carbocycles. The third kappa shape index (κ3) is 5.47. The van der Waals surface area contributed by atoms with Crippen LogP contribution in [0.2, 0.25) is 0 Å². The van der Waals surface area contributed by atoms with Crippen LogP contribution in [-0.4, -0.2) is 12.7 Å². The summed E-state index contributed by atoms with van der Waals surface area (Å²) < 4.78 is 21.0. The minimum absolute atomic E-state index is 0.0821. The molecule has 2 aromatic rings. The van der Waals surface area contributed by atoms with Crippen LogP contribution in [0.1, 0.15) is 75.8 Å². The maximum Gasteiger partial charge on any atom is 0.131 e. The molecule has 2 aromatic carbocycles. The molecule has 31 heavy (non-hydrogen) atoms. The first-order valence-electron chi connectivity index (χ1n) is 12.3. The van der Waals surface area contributed by atoms with Crippen molar-refractivity contribution in [2.75, 3.05) is 6.61 Å². The van der Waals surface area contributed by atoms with Gasteiger partial charge in [0.25, 0.3) is 0 Å². The molecule has 166 valence electrons. The first-order valence-corrected chi connectivity index (χ1v) is 12.3. The Bertz CT molecular complexity index is 869. The van der Waals surface area contributed by atoms with Gasteiger partial charge in [0, 0.05) is 12.2 Å². The van der Waals surface area contributed by atoms with Crippen LogP contribution < -0.4 is 0 Å². The van der Waals surface area contributed by atoms with E-state index in [0.29, 0.717) is 12.0 Å². The van der Waals surface area contributed by atoms with E-state index in [1.165, 1.54) is 49.7 Å². The van der Waals surface area contributed by atoms with Crippen LogP contribution in [-0.2, 0) is 11.2 Å². The van der Waals surface area contributed by atoms with Crippen LogP contribution in [0.15, 0.2) is 54.6 Å². The minimum Gasteiger partial charge on any atom is -0.378 e. The summed E-state index contributed by atoms with van der Waals surface area (Å²) in [7, 11) is 0. The van der Waals surface area contributed by atoms with Crippen LogP contribution in [0.5, 0.6) is 0 Å². The van der Waals surface area contributed by atoms with Crippen molar-refractivity contribution in [2.24, 2.45) is 11.8 Å². The normalized spacial score (nSPS) is 26.2. The molecule has 4 unspecified atom stereocenters. The van der Waals surface area contributed by atoms with E-state index < -0.39 is 0 Å². The Balaban J connectivity index is 1.40. The highest BCUT2D eigenvalue weighted by molar-refractivity contribution is 5.65. The quantitative estimate of drug-likeness (QED) is 0.411. The zero-order valence-electron chi connectivity index (χ0n) is 19.2. The van der Waals surface area contributed by atoms with Crippen molar-refractivity contribution < 1.29 is 9.13 Å². The van der Waals surface area contributed by atoms with Gasteiger partial charge in [0.05, 0.1) is 6.10 Å². The lowest BCUT2D eigenvalue weighted by Gasteiger charge is -2.42. The van der Waals surface area contributed by atoms with Crippen molar-refractivity contribution in [1.82, 2.24) is 0 Å². The Labute approximate surface area is 187 Å². The monoisotopic (exact) mass is 420 g/mol. The Morgan fingerprint density at radius 2 is 1.74 bits per heavy atom. The number of halogens is 1. The molecule has 0 bridgehead atoms. The van der Waals surface area contributed by atoms with E-state index in [1.54, 1.807) is 0 Å². The summed E-state index contributed by atoms with van der Waals surface area (Å²) in [6.45, 7) is 4.98.